The van der Waals surface area contributed by atoms with Crippen molar-refractivity contribution in [2.24, 2.45) is 0 Å². The quantitative estimate of drug-likeness (QED) is 0.497. The predicted octanol–water partition coefficient (Wildman–Crippen LogP) is 4.94. The topological polar surface area (TPSA) is 80.3 Å². The molecule has 2 N–H and O–H groups in total. The number of pyridine rings is 1. The van der Waals surface area contributed by atoms with Crippen LogP contribution in [0.3, 0.4) is 0 Å². The van der Waals surface area contributed by atoms with E-state index in [9.17, 15) is 9.59 Å². The van der Waals surface area contributed by atoms with Crippen LogP contribution in [-0.4, -0.2) is 22.9 Å². The van der Waals surface area contributed by atoms with Crippen LogP contribution >= 0.6 is 11.3 Å². The summed E-state index contributed by atoms with van der Waals surface area (Å²) in [5.74, 6) is 0.115. The summed E-state index contributed by atoms with van der Waals surface area (Å²) < 4.78 is 5.57. The Morgan fingerprint density at radius 3 is 2.83 bits per heavy atom. The van der Waals surface area contributed by atoms with Gasteiger partial charge < -0.3 is 15.4 Å². The molecule has 1 aliphatic heterocycles. The molecule has 1 aliphatic rings. The predicted molar refractivity (Wildman–Crippen MR) is 118 cm³/mol. The fourth-order valence-electron chi connectivity index (χ4n) is 3.40. The summed E-state index contributed by atoms with van der Waals surface area (Å²) in [6, 6.07) is 18.5. The summed E-state index contributed by atoms with van der Waals surface area (Å²) in [6.07, 6.45) is -0.545. The molecule has 0 fully saturated rings. The van der Waals surface area contributed by atoms with Gasteiger partial charge in [-0.1, -0.05) is 24.3 Å². The van der Waals surface area contributed by atoms with Crippen molar-refractivity contribution in [1.82, 2.24) is 4.98 Å². The first-order valence-electron chi connectivity index (χ1n) is 9.45. The Kier molecular flexibility index (Phi) is 4.44. The zero-order valence-corrected chi connectivity index (χ0v) is 16.8. The summed E-state index contributed by atoms with van der Waals surface area (Å²) in [5, 5.41) is 8.48. The van der Waals surface area contributed by atoms with Crippen LogP contribution in [0.4, 0.5) is 11.4 Å². The highest BCUT2D eigenvalue weighted by Gasteiger charge is 2.24. The number of carbonyl (C=O) groups is 2. The lowest BCUT2D eigenvalue weighted by Gasteiger charge is -2.23. The molecule has 4 aromatic rings. The monoisotopic (exact) mass is 415 g/mol. The van der Waals surface area contributed by atoms with Crippen molar-refractivity contribution in [3.05, 3.63) is 71.6 Å². The van der Waals surface area contributed by atoms with Crippen molar-refractivity contribution >= 4 is 45.4 Å². The van der Waals surface area contributed by atoms with Gasteiger partial charge in [-0.25, -0.2) is 4.98 Å². The molecular weight excluding hydrogens is 398 g/mol. The van der Waals surface area contributed by atoms with Crippen LogP contribution in [0.1, 0.15) is 17.3 Å². The lowest BCUT2D eigenvalue weighted by atomic mass is 10.1. The summed E-state index contributed by atoms with van der Waals surface area (Å²) >= 11 is 1.58. The number of aromatic nitrogens is 1. The van der Waals surface area contributed by atoms with Crippen molar-refractivity contribution in [1.29, 1.82) is 0 Å². The minimum Gasteiger partial charge on any atom is -0.479 e. The van der Waals surface area contributed by atoms with Gasteiger partial charge in [-0.15, -0.1) is 11.3 Å². The largest absolute Gasteiger partial charge is 0.479 e. The molecule has 0 bridgehead atoms. The number of rotatable bonds is 3. The van der Waals surface area contributed by atoms with Crippen molar-refractivity contribution in [2.45, 2.75) is 13.0 Å². The molecule has 3 heterocycles. The van der Waals surface area contributed by atoms with Gasteiger partial charge >= 0.3 is 0 Å². The Morgan fingerprint density at radius 2 is 2.00 bits per heavy atom. The number of thiophene rings is 1. The summed E-state index contributed by atoms with van der Waals surface area (Å²) in [7, 11) is 0. The highest BCUT2D eigenvalue weighted by Crippen LogP contribution is 2.33. The van der Waals surface area contributed by atoms with Gasteiger partial charge in [0.25, 0.3) is 11.8 Å². The molecule has 0 radical (unpaired) electrons. The van der Waals surface area contributed by atoms with Gasteiger partial charge in [0.15, 0.2) is 6.10 Å². The minimum absolute atomic E-state index is 0.216. The maximum absolute atomic E-state index is 13.2. The van der Waals surface area contributed by atoms with Crippen LogP contribution in [0.15, 0.2) is 66.0 Å². The van der Waals surface area contributed by atoms with E-state index in [4.69, 9.17) is 9.72 Å². The number of nitrogens with one attached hydrogen (secondary N) is 2. The van der Waals surface area contributed by atoms with E-state index in [0.29, 0.717) is 22.7 Å². The third-order valence-electron chi connectivity index (χ3n) is 4.90. The number of ether oxygens (including phenoxy) is 1. The van der Waals surface area contributed by atoms with E-state index in [1.54, 1.807) is 36.5 Å². The number of hydrogen-bond donors (Lipinski definition) is 2. The molecular formula is C23H17N3O3S. The van der Waals surface area contributed by atoms with E-state index in [-0.39, 0.29) is 11.8 Å². The number of fused-ring (bicyclic) bond motifs is 2. The minimum atomic E-state index is -0.545. The summed E-state index contributed by atoms with van der Waals surface area (Å²) in [5.41, 5.74) is 3.16. The molecule has 2 aromatic carbocycles. The third-order valence-corrected chi connectivity index (χ3v) is 5.80. The maximum atomic E-state index is 13.2. The zero-order valence-electron chi connectivity index (χ0n) is 16.0. The van der Waals surface area contributed by atoms with Crippen molar-refractivity contribution in [2.75, 3.05) is 10.6 Å². The van der Waals surface area contributed by atoms with Gasteiger partial charge in [0.2, 0.25) is 0 Å². The van der Waals surface area contributed by atoms with Crippen molar-refractivity contribution in [3.8, 4) is 16.3 Å². The normalized spacial score (nSPS) is 15.2. The second kappa shape index (κ2) is 7.27. The fourth-order valence-corrected chi connectivity index (χ4v) is 4.08. The highest BCUT2D eigenvalue weighted by atomic mass is 32.1. The van der Waals surface area contributed by atoms with Gasteiger partial charge in [-0.2, -0.15) is 0 Å². The molecule has 0 unspecified atom stereocenters. The average molecular weight is 415 g/mol. The van der Waals surface area contributed by atoms with Crippen LogP contribution in [0, 0.1) is 0 Å². The van der Waals surface area contributed by atoms with Crippen molar-refractivity contribution in [3.63, 3.8) is 0 Å². The Balaban J connectivity index is 1.51. The van der Waals surface area contributed by atoms with Crippen LogP contribution in [0.2, 0.25) is 0 Å². The van der Waals surface area contributed by atoms with E-state index >= 15 is 0 Å². The zero-order chi connectivity index (χ0) is 20.7. The number of hydrogen-bond acceptors (Lipinski definition) is 5. The molecule has 2 amide bonds. The first kappa shape index (κ1) is 18.3. The first-order valence-corrected chi connectivity index (χ1v) is 10.3. The number of amides is 2. The Morgan fingerprint density at radius 1 is 1.13 bits per heavy atom. The van der Waals surface area contributed by atoms with E-state index < -0.39 is 6.10 Å². The molecule has 5 rings (SSSR count). The SMILES string of the molecule is C[C@H]1Oc2ccc(NC(=O)c3cc(-c4cccs4)nc4ccccc34)cc2NC1=O. The lowest BCUT2D eigenvalue weighted by Crippen LogP contribution is -2.34. The van der Waals surface area contributed by atoms with Crippen LogP contribution in [0.5, 0.6) is 5.75 Å². The number of para-hydroxylation sites is 1. The lowest BCUT2D eigenvalue weighted by molar-refractivity contribution is -0.122. The Labute approximate surface area is 176 Å². The van der Waals surface area contributed by atoms with Crippen molar-refractivity contribution < 1.29 is 14.3 Å². The van der Waals surface area contributed by atoms with Crippen LogP contribution in [0.25, 0.3) is 21.5 Å². The molecule has 148 valence electrons. The molecule has 0 saturated heterocycles. The molecule has 0 spiro atoms. The average Bonchev–Trinajstić information content (AvgIpc) is 3.29. The molecule has 2 aromatic heterocycles. The molecule has 0 saturated carbocycles. The standard InChI is InChI=1S/C23H17N3O3S/c1-13-22(27)26-18-11-14(8-9-20(18)29-13)24-23(28)16-12-19(21-7-4-10-30-21)25-17-6-3-2-5-15(16)17/h2-13H,1H3,(H,24,28)(H,26,27)/t13-/m1/s1. The third kappa shape index (κ3) is 3.29. The second-order valence-corrected chi connectivity index (χ2v) is 7.91. The molecule has 6 nitrogen and oxygen atoms in total. The molecule has 1 atom stereocenters. The fraction of sp³-hybridized carbons (Fsp3) is 0.0870. The summed E-state index contributed by atoms with van der Waals surface area (Å²) in [6.45, 7) is 1.69. The summed E-state index contributed by atoms with van der Waals surface area (Å²) in [4.78, 5) is 30.8. The van der Waals surface area contributed by atoms with E-state index in [1.807, 2.05) is 47.8 Å². The molecule has 7 heteroatoms. The second-order valence-electron chi connectivity index (χ2n) is 6.96. The highest BCUT2D eigenvalue weighted by molar-refractivity contribution is 7.13. The van der Waals surface area contributed by atoms with E-state index in [2.05, 4.69) is 10.6 Å². The molecule has 0 aliphatic carbocycles. The first-order chi connectivity index (χ1) is 14.6. The molecule has 30 heavy (non-hydrogen) atoms. The number of nitrogens with zero attached hydrogens (tertiary/aromatic N) is 1. The van der Waals surface area contributed by atoms with Gasteiger partial charge in [0.1, 0.15) is 5.75 Å². The number of carbonyl (C=O) groups excluding carboxylic acids is 2. The number of benzene rings is 2. The van der Waals surface area contributed by atoms with Crippen LogP contribution < -0.4 is 15.4 Å². The van der Waals surface area contributed by atoms with E-state index in [1.165, 1.54) is 0 Å². The van der Waals surface area contributed by atoms with Crippen LogP contribution in [-0.2, 0) is 4.79 Å². The Hall–Kier alpha value is -3.71. The maximum Gasteiger partial charge on any atom is 0.265 e. The van der Waals surface area contributed by atoms with E-state index in [0.717, 1.165) is 21.5 Å². The smallest absolute Gasteiger partial charge is 0.265 e. The van der Waals surface area contributed by atoms with Gasteiger partial charge in [0, 0.05) is 11.1 Å². The Bertz CT molecular complexity index is 1280. The van der Waals surface area contributed by atoms with Gasteiger partial charge in [0.05, 0.1) is 27.3 Å². The number of anilines is 2. The van der Waals surface area contributed by atoms with Gasteiger partial charge in [-0.05, 0) is 48.7 Å². The van der Waals surface area contributed by atoms with Gasteiger partial charge in [-0.3, -0.25) is 9.59 Å².